The van der Waals surface area contributed by atoms with Crippen LogP contribution in [0.5, 0.6) is 0 Å². The third kappa shape index (κ3) is 1.92. The van der Waals surface area contributed by atoms with Gasteiger partial charge in [-0.3, -0.25) is 4.79 Å². The van der Waals surface area contributed by atoms with Crippen LogP contribution in [0.15, 0.2) is 0 Å². The Kier molecular flexibility index (Phi) is 3.02. The molecule has 0 heterocycles. The Morgan fingerprint density at radius 1 is 1.82 bits per heavy atom. The Hall–Kier alpha value is -1.08. The maximum absolute atomic E-state index is 10.7. The number of carbonyl (C=O) groups excluding carboxylic acids is 1. The zero-order chi connectivity index (χ0) is 9.07. The van der Waals surface area contributed by atoms with Gasteiger partial charge in [-0.1, -0.05) is 13.8 Å². The van der Waals surface area contributed by atoms with Crippen LogP contribution in [0.4, 0.5) is 0 Å². The van der Waals surface area contributed by atoms with Gasteiger partial charge in [-0.2, -0.15) is 5.26 Å². The van der Waals surface area contributed by atoms with Crippen molar-refractivity contribution in [3.05, 3.63) is 0 Å². The fraction of sp³-hybridized carbons (Fsp3) is 0.714. The zero-order valence-electron chi connectivity index (χ0n) is 6.66. The molecule has 0 radical (unpaired) electrons. The minimum Gasteiger partial charge on any atom is -0.379 e. The van der Waals surface area contributed by atoms with Crippen molar-refractivity contribution in [3.63, 3.8) is 0 Å². The second kappa shape index (κ2) is 3.35. The first-order valence-electron chi connectivity index (χ1n) is 3.34. The summed E-state index contributed by atoms with van der Waals surface area (Å²) in [6.45, 7) is 3.28. The van der Waals surface area contributed by atoms with E-state index in [0.717, 1.165) is 0 Å². The van der Waals surface area contributed by atoms with E-state index in [1.807, 2.05) is 0 Å². The molecule has 4 nitrogen and oxygen atoms in total. The summed E-state index contributed by atoms with van der Waals surface area (Å²) < 4.78 is 0. The van der Waals surface area contributed by atoms with Crippen molar-refractivity contribution in [1.82, 2.24) is 0 Å². The molecule has 0 saturated heterocycles. The number of primary amides is 1. The predicted molar refractivity (Wildman–Crippen MR) is 39.2 cm³/mol. The molecule has 1 amide bonds. The van der Waals surface area contributed by atoms with E-state index in [4.69, 9.17) is 11.0 Å². The molecule has 0 bridgehead atoms. The van der Waals surface area contributed by atoms with E-state index >= 15 is 0 Å². The molecule has 1 atom stereocenters. The summed E-state index contributed by atoms with van der Waals surface area (Å²) in [5, 5.41) is 17.8. The largest absolute Gasteiger partial charge is 0.379 e. The number of amides is 1. The Balaban J connectivity index is 4.55. The molecule has 0 fully saturated rings. The summed E-state index contributed by atoms with van der Waals surface area (Å²) >= 11 is 0. The maximum atomic E-state index is 10.7. The van der Waals surface area contributed by atoms with Crippen molar-refractivity contribution in [3.8, 4) is 6.07 Å². The number of hydrogen-bond donors (Lipinski definition) is 2. The number of carbonyl (C=O) groups is 1. The molecule has 11 heavy (non-hydrogen) atoms. The van der Waals surface area contributed by atoms with Gasteiger partial charge >= 0.3 is 0 Å². The van der Waals surface area contributed by atoms with Gasteiger partial charge in [0.2, 0.25) is 0 Å². The molecule has 0 aliphatic carbocycles. The van der Waals surface area contributed by atoms with E-state index in [9.17, 15) is 9.90 Å². The van der Waals surface area contributed by atoms with Gasteiger partial charge in [0.05, 0.1) is 12.5 Å². The van der Waals surface area contributed by atoms with Crippen molar-refractivity contribution >= 4 is 5.91 Å². The minimum absolute atomic E-state index is 0.250. The highest BCUT2D eigenvalue weighted by atomic mass is 16.3. The standard InChI is InChI=1S/C7H12N2O2/c1-5(2)7(11,3-4-8)6(9)10/h5,11H,3H2,1-2H3,(H2,9,10)/t7-/m0/s1. The van der Waals surface area contributed by atoms with Crippen molar-refractivity contribution in [2.24, 2.45) is 11.7 Å². The molecular weight excluding hydrogens is 144 g/mol. The molecule has 0 aliphatic rings. The smallest absolute Gasteiger partial charge is 0.250 e. The normalized spacial score (nSPS) is 15.5. The molecule has 0 rings (SSSR count). The second-order valence-electron chi connectivity index (χ2n) is 2.78. The van der Waals surface area contributed by atoms with Crippen molar-refractivity contribution in [2.75, 3.05) is 0 Å². The van der Waals surface area contributed by atoms with E-state index in [1.165, 1.54) is 0 Å². The van der Waals surface area contributed by atoms with Crippen LogP contribution in [0.25, 0.3) is 0 Å². The average Bonchev–Trinajstić information content (AvgIpc) is 1.87. The SMILES string of the molecule is CC(C)[C@@](O)(CC#N)C(N)=O. The molecule has 3 N–H and O–H groups in total. The fourth-order valence-electron chi connectivity index (χ4n) is 0.696. The molecule has 0 spiro atoms. The van der Waals surface area contributed by atoms with E-state index in [2.05, 4.69) is 0 Å². The number of nitrogens with two attached hydrogens (primary N) is 1. The average molecular weight is 156 g/mol. The maximum Gasteiger partial charge on any atom is 0.250 e. The Labute approximate surface area is 65.6 Å². The number of rotatable bonds is 3. The van der Waals surface area contributed by atoms with Crippen molar-refractivity contribution < 1.29 is 9.90 Å². The van der Waals surface area contributed by atoms with Crippen LogP contribution in [0.3, 0.4) is 0 Å². The summed E-state index contributed by atoms with van der Waals surface area (Å²) in [5.74, 6) is -1.17. The van der Waals surface area contributed by atoms with Crippen LogP contribution in [-0.2, 0) is 4.79 Å². The Morgan fingerprint density at radius 3 is 2.36 bits per heavy atom. The monoisotopic (exact) mass is 156 g/mol. The van der Waals surface area contributed by atoms with Gasteiger partial charge in [0, 0.05) is 0 Å². The Bertz CT molecular complexity index is 195. The topological polar surface area (TPSA) is 87.1 Å². The molecular formula is C7H12N2O2. The van der Waals surface area contributed by atoms with Gasteiger partial charge in [-0.05, 0) is 5.92 Å². The predicted octanol–water partition coefficient (Wildman–Crippen LogP) is -0.228. The van der Waals surface area contributed by atoms with E-state index in [1.54, 1.807) is 19.9 Å². The van der Waals surface area contributed by atoms with Crippen LogP contribution >= 0.6 is 0 Å². The lowest BCUT2D eigenvalue weighted by atomic mass is 9.87. The third-order valence-electron chi connectivity index (χ3n) is 1.73. The highest BCUT2D eigenvalue weighted by molar-refractivity contribution is 5.83. The van der Waals surface area contributed by atoms with Crippen molar-refractivity contribution in [1.29, 1.82) is 5.26 Å². The van der Waals surface area contributed by atoms with Gasteiger partial charge in [0.1, 0.15) is 0 Å². The van der Waals surface area contributed by atoms with Crippen LogP contribution in [0, 0.1) is 17.2 Å². The third-order valence-corrected chi connectivity index (χ3v) is 1.73. The van der Waals surface area contributed by atoms with Gasteiger partial charge in [-0.25, -0.2) is 0 Å². The molecule has 4 heteroatoms. The lowest BCUT2D eigenvalue weighted by Gasteiger charge is -2.25. The van der Waals surface area contributed by atoms with Crippen LogP contribution < -0.4 is 5.73 Å². The minimum atomic E-state index is -1.67. The van der Waals surface area contributed by atoms with Crippen LogP contribution in [0.2, 0.25) is 0 Å². The summed E-state index contributed by atoms with van der Waals surface area (Å²) in [6.07, 6.45) is -0.250. The number of nitriles is 1. The quantitative estimate of drug-likeness (QED) is 0.591. The number of aliphatic hydroxyl groups is 1. The molecule has 0 aromatic carbocycles. The van der Waals surface area contributed by atoms with Gasteiger partial charge in [0.15, 0.2) is 5.60 Å². The molecule has 0 aliphatic heterocycles. The lowest BCUT2D eigenvalue weighted by Crippen LogP contribution is -2.47. The van der Waals surface area contributed by atoms with E-state index < -0.39 is 11.5 Å². The lowest BCUT2D eigenvalue weighted by molar-refractivity contribution is -0.140. The summed E-state index contributed by atoms with van der Waals surface area (Å²) in [7, 11) is 0. The summed E-state index contributed by atoms with van der Waals surface area (Å²) in [5.41, 5.74) is 3.25. The Morgan fingerprint density at radius 2 is 2.27 bits per heavy atom. The molecule has 0 aromatic heterocycles. The highest BCUT2D eigenvalue weighted by Crippen LogP contribution is 2.19. The fourth-order valence-corrected chi connectivity index (χ4v) is 0.696. The van der Waals surface area contributed by atoms with Gasteiger partial charge in [0.25, 0.3) is 5.91 Å². The second-order valence-corrected chi connectivity index (χ2v) is 2.78. The summed E-state index contributed by atoms with van der Waals surface area (Å²) in [6, 6.07) is 1.72. The first-order valence-corrected chi connectivity index (χ1v) is 3.34. The van der Waals surface area contributed by atoms with E-state index in [-0.39, 0.29) is 12.3 Å². The molecule has 0 unspecified atom stereocenters. The molecule has 0 saturated carbocycles. The number of hydrogen-bond acceptors (Lipinski definition) is 3. The molecule has 0 aromatic rings. The van der Waals surface area contributed by atoms with E-state index in [0.29, 0.717) is 0 Å². The van der Waals surface area contributed by atoms with Crippen molar-refractivity contribution in [2.45, 2.75) is 25.9 Å². The number of nitrogens with zero attached hydrogens (tertiary/aromatic N) is 1. The highest BCUT2D eigenvalue weighted by Gasteiger charge is 2.37. The first-order chi connectivity index (χ1) is 4.95. The summed E-state index contributed by atoms with van der Waals surface area (Å²) in [4.78, 5) is 10.7. The first kappa shape index (κ1) is 9.92. The van der Waals surface area contributed by atoms with Gasteiger partial charge < -0.3 is 10.8 Å². The van der Waals surface area contributed by atoms with Crippen LogP contribution in [-0.4, -0.2) is 16.6 Å². The zero-order valence-corrected chi connectivity index (χ0v) is 6.66. The van der Waals surface area contributed by atoms with Crippen LogP contribution in [0.1, 0.15) is 20.3 Å². The van der Waals surface area contributed by atoms with Gasteiger partial charge in [-0.15, -0.1) is 0 Å². The molecule has 62 valence electrons.